The SMILES string of the molecule is CCCCCCCCCCCCCCCCCCCCCCCCCC(=O)OC[C@@H](COP(=O)([O-])OCC[N+](C)(C)C)OC(=O)CCCCCCCCCCCCCCCC. The normalized spacial score (nSPS) is 13.3. The first-order valence-corrected chi connectivity index (χ1v) is 27.7. The van der Waals surface area contributed by atoms with Gasteiger partial charge in [-0.15, -0.1) is 0 Å². The summed E-state index contributed by atoms with van der Waals surface area (Å²) < 4.78 is 34.0. The number of phosphoric ester groups is 1. The molecule has 1 unspecified atom stereocenters. The van der Waals surface area contributed by atoms with Gasteiger partial charge < -0.3 is 27.9 Å². The van der Waals surface area contributed by atoms with Gasteiger partial charge in [0.15, 0.2) is 6.10 Å². The van der Waals surface area contributed by atoms with Gasteiger partial charge in [0, 0.05) is 12.8 Å². The highest BCUT2D eigenvalue weighted by Crippen LogP contribution is 2.38. The summed E-state index contributed by atoms with van der Waals surface area (Å²) >= 11 is 0. The minimum atomic E-state index is -4.62. The molecule has 61 heavy (non-hydrogen) atoms. The van der Waals surface area contributed by atoms with Crippen LogP contribution >= 0.6 is 7.82 Å². The molecule has 0 saturated carbocycles. The van der Waals surface area contributed by atoms with Gasteiger partial charge in [-0.3, -0.25) is 14.2 Å². The number of unbranched alkanes of at least 4 members (excludes halogenated alkanes) is 35. The monoisotopic (exact) mass is 888 g/mol. The number of rotatable bonds is 49. The third-order valence-corrected chi connectivity index (χ3v) is 12.8. The van der Waals surface area contributed by atoms with Crippen molar-refractivity contribution in [1.82, 2.24) is 0 Å². The molecule has 0 aliphatic heterocycles. The number of ether oxygens (including phenoxy) is 2. The lowest BCUT2D eigenvalue weighted by Gasteiger charge is -2.28. The molecule has 0 aromatic carbocycles. The van der Waals surface area contributed by atoms with Crippen molar-refractivity contribution in [3.05, 3.63) is 0 Å². The van der Waals surface area contributed by atoms with Crippen molar-refractivity contribution < 1.29 is 42.1 Å². The summed E-state index contributed by atoms with van der Waals surface area (Å²) in [5, 5.41) is 0. The first-order chi connectivity index (χ1) is 29.5. The predicted octanol–water partition coefficient (Wildman–Crippen LogP) is 14.9. The Morgan fingerprint density at radius 3 is 1.05 bits per heavy atom. The largest absolute Gasteiger partial charge is 0.756 e. The molecule has 10 heteroatoms. The second kappa shape index (κ2) is 44.2. The van der Waals surface area contributed by atoms with E-state index in [1.165, 1.54) is 199 Å². The maximum absolute atomic E-state index is 12.7. The van der Waals surface area contributed by atoms with Gasteiger partial charge in [-0.05, 0) is 12.8 Å². The quantitative estimate of drug-likeness (QED) is 0.0257. The van der Waals surface area contributed by atoms with Gasteiger partial charge in [0.1, 0.15) is 19.8 Å². The first-order valence-electron chi connectivity index (χ1n) is 26.2. The van der Waals surface area contributed by atoms with Crippen LogP contribution in [0.3, 0.4) is 0 Å². The number of esters is 2. The van der Waals surface area contributed by atoms with Crippen LogP contribution in [0.1, 0.15) is 264 Å². The van der Waals surface area contributed by atoms with Crippen molar-refractivity contribution in [2.45, 2.75) is 270 Å². The van der Waals surface area contributed by atoms with Gasteiger partial charge >= 0.3 is 11.9 Å². The fourth-order valence-electron chi connectivity index (χ4n) is 7.78. The maximum Gasteiger partial charge on any atom is 0.306 e. The zero-order valence-corrected chi connectivity index (χ0v) is 42.0. The lowest BCUT2D eigenvalue weighted by Crippen LogP contribution is -2.37. The highest BCUT2D eigenvalue weighted by Gasteiger charge is 2.21. The third kappa shape index (κ3) is 48.3. The number of likely N-dealkylation sites (N-methyl/N-ethyl adjacent to an activating group) is 1. The molecule has 0 spiro atoms. The highest BCUT2D eigenvalue weighted by atomic mass is 31.2. The van der Waals surface area contributed by atoms with E-state index in [1.807, 2.05) is 21.1 Å². The summed E-state index contributed by atoms with van der Waals surface area (Å²) in [5.41, 5.74) is 0. The lowest BCUT2D eigenvalue weighted by molar-refractivity contribution is -0.870. The van der Waals surface area contributed by atoms with Gasteiger partial charge in [0.25, 0.3) is 7.82 Å². The van der Waals surface area contributed by atoms with Gasteiger partial charge in [0.2, 0.25) is 0 Å². The van der Waals surface area contributed by atoms with E-state index in [0.717, 1.165) is 32.1 Å². The molecule has 0 aromatic rings. The molecule has 0 saturated heterocycles. The van der Waals surface area contributed by atoms with Crippen LogP contribution in [-0.4, -0.2) is 70.0 Å². The average Bonchev–Trinajstić information content (AvgIpc) is 3.21. The van der Waals surface area contributed by atoms with Gasteiger partial charge in [0.05, 0.1) is 27.7 Å². The average molecular weight is 888 g/mol. The number of nitrogens with zero attached hydrogens (tertiary/aromatic N) is 1. The molecular formula is C51H102NO8P. The highest BCUT2D eigenvalue weighted by molar-refractivity contribution is 7.45. The Balaban J connectivity index is 4.12. The molecular weight excluding hydrogens is 786 g/mol. The fraction of sp³-hybridized carbons (Fsp3) is 0.961. The minimum absolute atomic E-state index is 0.0254. The summed E-state index contributed by atoms with van der Waals surface area (Å²) in [6, 6.07) is 0. The maximum atomic E-state index is 12.7. The van der Waals surface area contributed by atoms with Crippen LogP contribution in [0.5, 0.6) is 0 Å². The van der Waals surface area contributed by atoms with E-state index in [9.17, 15) is 19.0 Å². The van der Waals surface area contributed by atoms with E-state index < -0.39 is 26.5 Å². The minimum Gasteiger partial charge on any atom is -0.756 e. The third-order valence-electron chi connectivity index (χ3n) is 11.9. The topological polar surface area (TPSA) is 111 Å². The lowest BCUT2D eigenvalue weighted by atomic mass is 10.0. The van der Waals surface area contributed by atoms with Crippen molar-refractivity contribution in [2.75, 3.05) is 47.5 Å². The molecule has 0 aliphatic carbocycles. The van der Waals surface area contributed by atoms with Crippen LogP contribution in [0.4, 0.5) is 0 Å². The van der Waals surface area contributed by atoms with Crippen molar-refractivity contribution in [3.63, 3.8) is 0 Å². The molecule has 0 radical (unpaired) electrons. The van der Waals surface area contributed by atoms with Gasteiger partial charge in [-0.1, -0.05) is 239 Å². The molecule has 0 N–H and O–H groups in total. The smallest absolute Gasteiger partial charge is 0.306 e. The van der Waals surface area contributed by atoms with Crippen LogP contribution in [-0.2, 0) is 32.7 Å². The summed E-state index contributed by atoms with van der Waals surface area (Å²) in [6.07, 6.45) is 47.1. The number of phosphoric acid groups is 1. The van der Waals surface area contributed by atoms with Gasteiger partial charge in [-0.2, -0.15) is 0 Å². The van der Waals surface area contributed by atoms with Gasteiger partial charge in [-0.25, -0.2) is 0 Å². The van der Waals surface area contributed by atoms with Crippen molar-refractivity contribution in [2.24, 2.45) is 0 Å². The zero-order chi connectivity index (χ0) is 45.0. The Kier molecular flexibility index (Phi) is 43.5. The number of hydrogen-bond donors (Lipinski definition) is 0. The molecule has 0 fully saturated rings. The Morgan fingerprint density at radius 1 is 0.443 bits per heavy atom. The summed E-state index contributed by atoms with van der Waals surface area (Å²) in [7, 11) is 1.19. The Bertz CT molecular complexity index is 1010. The number of hydrogen-bond acceptors (Lipinski definition) is 8. The fourth-order valence-corrected chi connectivity index (χ4v) is 8.50. The molecule has 0 amide bonds. The molecule has 364 valence electrons. The van der Waals surface area contributed by atoms with Crippen LogP contribution in [0.2, 0.25) is 0 Å². The zero-order valence-electron chi connectivity index (χ0n) is 41.1. The van der Waals surface area contributed by atoms with Crippen molar-refractivity contribution in [1.29, 1.82) is 0 Å². The van der Waals surface area contributed by atoms with E-state index >= 15 is 0 Å². The number of quaternary nitrogens is 1. The molecule has 0 aromatic heterocycles. The first kappa shape index (κ1) is 60.0. The second-order valence-electron chi connectivity index (χ2n) is 19.3. The van der Waals surface area contributed by atoms with Crippen LogP contribution < -0.4 is 4.89 Å². The number of carbonyl (C=O) groups is 2. The van der Waals surface area contributed by atoms with Crippen molar-refractivity contribution >= 4 is 19.8 Å². The Hall–Kier alpha value is -0.990. The second-order valence-corrected chi connectivity index (χ2v) is 20.7. The molecule has 9 nitrogen and oxygen atoms in total. The van der Waals surface area contributed by atoms with E-state index in [4.69, 9.17) is 18.5 Å². The molecule has 0 heterocycles. The standard InChI is InChI=1S/C51H102NO8P/c1-6-8-10-12-14-16-18-20-22-23-24-25-26-27-28-29-30-32-33-35-37-39-41-43-50(53)57-47-49(48-59-61(55,56)58-46-45-52(3,4)5)60-51(54)44-42-40-38-36-34-31-21-19-17-15-13-11-9-7-2/h49H,6-48H2,1-5H3/t49-/m0/s1. The van der Waals surface area contributed by atoms with E-state index in [2.05, 4.69) is 13.8 Å². The summed E-state index contributed by atoms with van der Waals surface area (Å²) in [6.45, 7) is 4.29. The van der Waals surface area contributed by atoms with Crippen LogP contribution in [0.25, 0.3) is 0 Å². The van der Waals surface area contributed by atoms with E-state index in [-0.39, 0.29) is 32.0 Å². The van der Waals surface area contributed by atoms with Crippen LogP contribution in [0, 0.1) is 0 Å². The van der Waals surface area contributed by atoms with Crippen molar-refractivity contribution in [3.8, 4) is 0 Å². The van der Waals surface area contributed by atoms with E-state index in [1.54, 1.807) is 0 Å². The Morgan fingerprint density at radius 2 is 0.738 bits per heavy atom. The summed E-state index contributed by atoms with van der Waals surface area (Å²) in [4.78, 5) is 37.7. The molecule has 0 bridgehead atoms. The summed E-state index contributed by atoms with van der Waals surface area (Å²) in [5.74, 6) is -0.814. The Labute approximate surface area is 378 Å². The number of carbonyl (C=O) groups excluding carboxylic acids is 2. The van der Waals surface area contributed by atoms with Crippen LogP contribution in [0.15, 0.2) is 0 Å². The molecule has 0 rings (SSSR count). The molecule has 0 aliphatic rings. The molecule has 2 atom stereocenters. The van der Waals surface area contributed by atoms with E-state index in [0.29, 0.717) is 17.4 Å². The predicted molar refractivity (Wildman–Crippen MR) is 255 cm³/mol.